The highest BCUT2D eigenvalue weighted by molar-refractivity contribution is 5.95. The number of carbonyl (C=O) groups excluding carboxylic acids is 1. The lowest BCUT2D eigenvalue weighted by Crippen LogP contribution is -2.54. The Hall–Kier alpha value is -2.34. The number of carbonyl (C=O) groups is 1. The Balaban J connectivity index is 1.53. The van der Waals surface area contributed by atoms with E-state index in [1.165, 1.54) is 12.1 Å². The minimum Gasteiger partial charge on any atom is -0.389 e. The van der Waals surface area contributed by atoms with Gasteiger partial charge in [-0.1, -0.05) is 6.07 Å². The van der Waals surface area contributed by atoms with Crippen molar-refractivity contribution in [3.05, 3.63) is 65.0 Å². The minimum atomic E-state index is -1.09. The highest BCUT2D eigenvalue weighted by Crippen LogP contribution is 2.43. The molecular weight excluding hydrogens is 350 g/mol. The average Bonchev–Trinajstić information content (AvgIpc) is 2.89. The molecule has 1 N–H and O–H groups in total. The number of benzene rings is 1. The first kappa shape index (κ1) is 18.0. The molecule has 0 saturated carbocycles. The summed E-state index contributed by atoms with van der Waals surface area (Å²) in [6.45, 7) is 1.84. The number of aromatic nitrogens is 1. The van der Waals surface area contributed by atoms with Gasteiger partial charge in [-0.25, -0.2) is 8.78 Å². The van der Waals surface area contributed by atoms with Gasteiger partial charge in [0.1, 0.15) is 11.6 Å². The van der Waals surface area contributed by atoms with Crippen molar-refractivity contribution < 1.29 is 18.7 Å². The summed E-state index contributed by atoms with van der Waals surface area (Å²) < 4.78 is 27.2. The average molecular weight is 372 g/mol. The second-order valence-electron chi connectivity index (χ2n) is 7.83. The van der Waals surface area contributed by atoms with Gasteiger partial charge in [0, 0.05) is 42.0 Å². The number of hydrogen-bond acceptors (Lipinski definition) is 3. The third-order valence-electron chi connectivity index (χ3n) is 5.76. The van der Waals surface area contributed by atoms with Gasteiger partial charge < -0.3 is 10.0 Å². The third kappa shape index (κ3) is 3.46. The van der Waals surface area contributed by atoms with E-state index in [0.717, 1.165) is 24.6 Å². The number of pyridine rings is 1. The Morgan fingerprint density at radius 2 is 1.93 bits per heavy atom. The Labute approximate surface area is 156 Å². The van der Waals surface area contributed by atoms with Crippen LogP contribution in [0.5, 0.6) is 0 Å². The number of amides is 1. The molecule has 1 amide bonds. The first-order chi connectivity index (χ1) is 12.8. The van der Waals surface area contributed by atoms with Gasteiger partial charge in [0.05, 0.1) is 5.60 Å². The van der Waals surface area contributed by atoms with Crippen LogP contribution >= 0.6 is 0 Å². The number of aliphatic hydroxyl groups is 1. The number of aryl methyl sites for hydroxylation is 1. The molecule has 6 heteroatoms. The molecule has 4 rings (SSSR count). The zero-order valence-electron chi connectivity index (χ0n) is 15.2. The first-order valence-electron chi connectivity index (χ1n) is 9.26. The van der Waals surface area contributed by atoms with Crippen molar-refractivity contribution in [3.63, 3.8) is 0 Å². The van der Waals surface area contributed by atoms with Crippen LogP contribution in [-0.4, -0.2) is 38.6 Å². The van der Waals surface area contributed by atoms with Crippen molar-refractivity contribution in [2.75, 3.05) is 0 Å². The molecular formula is C21H22F2N2O2. The molecule has 0 aliphatic carbocycles. The highest BCUT2D eigenvalue weighted by Gasteiger charge is 2.49. The van der Waals surface area contributed by atoms with Crippen molar-refractivity contribution in [1.29, 1.82) is 0 Å². The number of fused-ring (bicyclic) bond motifs is 2. The van der Waals surface area contributed by atoms with Crippen LogP contribution in [0.4, 0.5) is 8.78 Å². The lowest BCUT2D eigenvalue weighted by Gasteiger charge is -2.44. The fourth-order valence-corrected chi connectivity index (χ4v) is 4.65. The van der Waals surface area contributed by atoms with E-state index in [1.807, 2.05) is 11.8 Å². The highest BCUT2D eigenvalue weighted by atomic mass is 19.1. The van der Waals surface area contributed by atoms with Crippen molar-refractivity contribution in [2.24, 2.45) is 0 Å². The number of hydrogen-bond donors (Lipinski definition) is 1. The number of rotatable bonds is 3. The van der Waals surface area contributed by atoms with Crippen LogP contribution in [0.2, 0.25) is 0 Å². The lowest BCUT2D eigenvalue weighted by atomic mass is 9.81. The standard InChI is InChI=1S/C21H22F2N2O2/c1-13-8-14(6-7-24-13)20(26)25-17-4-5-18(25)12-21(27,11-17)10-15-2-3-16(22)9-19(15)23/h2-3,6-9,17-18,27H,4-5,10-12H2,1H3. The largest absolute Gasteiger partial charge is 0.389 e. The van der Waals surface area contributed by atoms with E-state index in [9.17, 15) is 18.7 Å². The van der Waals surface area contributed by atoms with Crippen LogP contribution in [0, 0.1) is 18.6 Å². The SMILES string of the molecule is Cc1cc(C(=O)N2C3CCC2CC(O)(Cc2ccc(F)cc2F)C3)ccn1. The van der Waals surface area contributed by atoms with E-state index < -0.39 is 17.2 Å². The predicted molar refractivity (Wildman–Crippen MR) is 96.2 cm³/mol. The van der Waals surface area contributed by atoms with Crippen molar-refractivity contribution in [3.8, 4) is 0 Å². The second-order valence-corrected chi connectivity index (χ2v) is 7.83. The van der Waals surface area contributed by atoms with Gasteiger partial charge in [-0.15, -0.1) is 0 Å². The van der Waals surface area contributed by atoms with Gasteiger partial charge in [-0.05, 0) is 56.4 Å². The number of piperidine rings is 1. The van der Waals surface area contributed by atoms with Gasteiger partial charge in [0.15, 0.2) is 0 Å². The molecule has 3 heterocycles. The van der Waals surface area contributed by atoms with Crippen LogP contribution in [0.1, 0.15) is 47.3 Å². The quantitative estimate of drug-likeness (QED) is 0.898. The zero-order chi connectivity index (χ0) is 19.2. The summed E-state index contributed by atoms with van der Waals surface area (Å²) in [7, 11) is 0. The summed E-state index contributed by atoms with van der Waals surface area (Å²) in [5.74, 6) is -1.30. The summed E-state index contributed by atoms with van der Waals surface area (Å²) in [5, 5.41) is 11.1. The fraction of sp³-hybridized carbons (Fsp3) is 0.429. The molecule has 0 spiro atoms. The van der Waals surface area contributed by atoms with Crippen molar-refractivity contribution >= 4 is 5.91 Å². The van der Waals surface area contributed by atoms with Gasteiger partial charge in [-0.2, -0.15) is 0 Å². The van der Waals surface area contributed by atoms with Gasteiger partial charge in [-0.3, -0.25) is 9.78 Å². The van der Waals surface area contributed by atoms with E-state index in [1.54, 1.807) is 18.3 Å². The summed E-state index contributed by atoms with van der Waals surface area (Å²) in [6, 6.07) is 6.79. The molecule has 1 aromatic carbocycles. The lowest BCUT2D eigenvalue weighted by molar-refractivity contribution is -0.0431. The molecule has 2 saturated heterocycles. The van der Waals surface area contributed by atoms with E-state index in [0.29, 0.717) is 24.0 Å². The molecule has 2 fully saturated rings. The summed E-state index contributed by atoms with van der Waals surface area (Å²) in [5.41, 5.74) is 0.612. The first-order valence-corrected chi connectivity index (χ1v) is 9.26. The zero-order valence-corrected chi connectivity index (χ0v) is 15.2. The van der Waals surface area contributed by atoms with E-state index in [2.05, 4.69) is 4.98 Å². The molecule has 2 atom stereocenters. The molecule has 2 aliphatic heterocycles. The van der Waals surface area contributed by atoms with Crippen LogP contribution in [0.25, 0.3) is 0 Å². The molecule has 27 heavy (non-hydrogen) atoms. The third-order valence-corrected chi connectivity index (χ3v) is 5.76. The fourth-order valence-electron chi connectivity index (χ4n) is 4.65. The Morgan fingerprint density at radius 3 is 2.56 bits per heavy atom. The van der Waals surface area contributed by atoms with E-state index in [4.69, 9.17) is 0 Å². The molecule has 4 nitrogen and oxygen atoms in total. The van der Waals surface area contributed by atoms with E-state index in [-0.39, 0.29) is 24.4 Å². The van der Waals surface area contributed by atoms with E-state index >= 15 is 0 Å². The van der Waals surface area contributed by atoms with Crippen LogP contribution in [0.15, 0.2) is 36.5 Å². The van der Waals surface area contributed by atoms with Crippen LogP contribution in [0.3, 0.4) is 0 Å². The molecule has 2 bridgehead atoms. The molecule has 1 aromatic heterocycles. The van der Waals surface area contributed by atoms with Gasteiger partial charge in [0.25, 0.3) is 5.91 Å². The maximum atomic E-state index is 14.0. The van der Waals surface area contributed by atoms with Crippen LogP contribution < -0.4 is 0 Å². The second kappa shape index (κ2) is 6.68. The van der Waals surface area contributed by atoms with Crippen molar-refractivity contribution in [1.82, 2.24) is 9.88 Å². The normalized spacial score (nSPS) is 27.0. The molecule has 2 aliphatic rings. The number of nitrogens with zero attached hydrogens (tertiary/aromatic N) is 2. The molecule has 2 aromatic rings. The Bertz CT molecular complexity index is 872. The topological polar surface area (TPSA) is 53.4 Å². The smallest absolute Gasteiger partial charge is 0.254 e. The summed E-state index contributed by atoms with van der Waals surface area (Å²) in [4.78, 5) is 19.0. The molecule has 2 unspecified atom stereocenters. The Kier molecular flexibility index (Phi) is 4.46. The van der Waals surface area contributed by atoms with Gasteiger partial charge >= 0.3 is 0 Å². The van der Waals surface area contributed by atoms with Crippen LogP contribution in [-0.2, 0) is 6.42 Å². The monoisotopic (exact) mass is 372 g/mol. The van der Waals surface area contributed by atoms with Gasteiger partial charge in [0.2, 0.25) is 0 Å². The maximum Gasteiger partial charge on any atom is 0.254 e. The minimum absolute atomic E-state index is 0.0389. The van der Waals surface area contributed by atoms with Crippen molar-refractivity contribution in [2.45, 2.75) is 56.7 Å². The summed E-state index contributed by atoms with van der Waals surface area (Å²) in [6.07, 6.45) is 4.21. The predicted octanol–water partition coefficient (Wildman–Crippen LogP) is 3.41. The molecule has 0 radical (unpaired) electrons. The maximum absolute atomic E-state index is 14.0. The number of halogens is 2. The Morgan fingerprint density at radius 1 is 1.22 bits per heavy atom. The summed E-state index contributed by atoms with van der Waals surface area (Å²) >= 11 is 0. The molecule has 142 valence electrons.